The van der Waals surface area contributed by atoms with Crippen molar-refractivity contribution in [1.29, 1.82) is 0 Å². The summed E-state index contributed by atoms with van der Waals surface area (Å²) in [5.74, 6) is -1.87. The van der Waals surface area contributed by atoms with Crippen molar-refractivity contribution in [3.8, 4) is 5.75 Å². The van der Waals surface area contributed by atoms with Gasteiger partial charge in [-0.1, -0.05) is 0 Å². The lowest BCUT2D eigenvalue weighted by Gasteiger charge is -2.29. The second kappa shape index (κ2) is 5.80. The van der Waals surface area contributed by atoms with Crippen molar-refractivity contribution in [1.82, 2.24) is 4.31 Å². The minimum absolute atomic E-state index is 0.123. The van der Waals surface area contributed by atoms with Crippen molar-refractivity contribution in [2.75, 3.05) is 0 Å². The molecule has 0 unspecified atom stereocenters. The third-order valence-electron chi connectivity index (χ3n) is 2.79. The first kappa shape index (κ1) is 16.5. The molecule has 7 heteroatoms. The number of rotatable bonds is 5. The van der Waals surface area contributed by atoms with E-state index in [1.807, 2.05) is 0 Å². The van der Waals surface area contributed by atoms with E-state index in [0.717, 1.165) is 12.1 Å². The molecule has 1 aromatic carbocycles. The molecule has 0 bridgehead atoms. The number of phenols is 1. The van der Waals surface area contributed by atoms with Gasteiger partial charge in [-0.3, -0.25) is 0 Å². The Balaban J connectivity index is 3.36. The van der Waals surface area contributed by atoms with Crippen LogP contribution in [0.25, 0.3) is 0 Å². The maximum absolute atomic E-state index is 12.5. The molecule has 2 N–H and O–H groups in total. The van der Waals surface area contributed by atoms with Crippen LogP contribution in [0.3, 0.4) is 0 Å². The zero-order chi connectivity index (χ0) is 15.7. The van der Waals surface area contributed by atoms with E-state index in [0.29, 0.717) is 0 Å². The van der Waals surface area contributed by atoms with E-state index in [2.05, 4.69) is 0 Å². The van der Waals surface area contributed by atoms with Gasteiger partial charge in [-0.15, -0.1) is 0 Å². The van der Waals surface area contributed by atoms with Crippen LogP contribution < -0.4 is 0 Å². The zero-order valence-electron chi connectivity index (χ0n) is 11.9. The Morgan fingerprint density at radius 1 is 1.15 bits per heavy atom. The lowest BCUT2D eigenvalue weighted by atomic mass is 10.2. The van der Waals surface area contributed by atoms with Crippen molar-refractivity contribution in [3.05, 3.63) is 23.8 Å². The molecular weight excluding hydrogens is 282 g/mol. The van der Waals surface area contributed by atoms with Crippen molar-refractivity contribution in [2.24, 2.45) is 0 Å². The second-order valence-corrected chi connectivity index (χ2v) is 6.85. The largest absolute Gasteiger partial charge is 0.507 e. The summed E-state index contributed by atoms with van der Waals surface area (Å²) in [6.45, 7) is 7.01. The molecule has 0 saturated heterocycles. The average molecular weight is 301 g/mol. The van der Waals surface area contributed by atoms with Gasteiger partial charge in [0.15, 0.2) is 0 Å². The number of carbonyl (C=O) groups is 1. The van der Waals surface area contributed by atoms with E-state index in [1.165, 1.54) is 10.4 Å². The number of benzene rings is 1. The van der Waals surface area contributed by atoms with Gasteiger partial charge in [0.05, 0.1) is 4.90 Å². The van der Waals surface area contributed by atoms with Gasteiger partial charge >= 0.3 is 5.97 Å². The zero-order valence-corrected chi connectivity index (χ0v) is 12.7. The van der Waals surface area contributed by atoms with Crippen LogP contribution in [0.4, 0.5) is 0 Å². The summed E-state index contributed by atoms with van der Waals surface area (Å²) in [4.78, 5) is 10.7. The van der Waals surface area contributed by atoms with E-state index in [9.17, 15) is 18.3 Å². The molecule has 0 saturated carbocycles. The number of aromatic carboxylic acids is 1. The standard InChI is InChI=1S/C13H19NO5S/c1-8(2)14(9(3)4)20(18,19)10-5-6-11(13(16)17)12(15)7-10/h5-9,15H,1-4H3,(H,16,17). The SMILES string of the molecule is CC(C)N(C(C)C)S(=O)(=O)c1ccc(C(=O)O)c(O)c1. The van der Waals surface area contributed by atoms with Crippen molar-refractivity contribution in [3.63, 3.8) is 0 Å². The highest BCUT2D eigenvalue weighted by molar-refractivity contribution is 7.89. The van der Waals surface area contributed by atoms with Gasteiger partial charge in [-0.05, 0) is 39.8 Å². The minimum atomic E-state index is -3.78. The Morgan fingerprint density at radius 2 is 1.65 bits per heavy atom. The molecule has 112 valence electrons. The maximum atomic E-state index is 12.5. The molecule has 0 atom stereocenters. The summed E-state index contributed by atoms with van der Waals surface area (Å²) in [6.07, 6.45) is 0. The summed E-state index contributed by atoms with van der Waals surface area (Å²) in [7, 11) is -3.78. The van der Waals surface area contributed by atoms with Gasteiger partial charge in [0.2, 0.25) is 10.0 Å². The molecule has 0 spiro atoms. The predicted octanol–water partition coefficient (Wildman–Crippen LogP) is 1.90. The van der Waals surface area contributed by atoms with Crippen LogP contribution in [-0.4, -0.2) is 41.0 Å². The molecule has 0 heterocycles. The van der Waals surface area contributed by atoms with Crippen LogP contribution in [0, 0.1) is 0 Å². The first-order chi connectivity index (χ1) is 9.09. The molecule has 0 aromatic heterocycles. The minimum Gasteiger partial charge on any atom is -0.507 e. The summed E-state index contributed by atoms with van der Waals surface area (Å²) in [6, 6.07) is 2.75. The third-order valence-corrected chi connectivity index (χ3v) is 5.04. The molecule has 0 amide bonds. The lowest BCUT2D eigenvalue weighted by molar-refractivity contribution is 0.0693. The quantitative estimate of drug-likeness (QED) is 0.866. The second-order valence-electron chi connectivity index (χ2n) is 5.01. The number of carboxylic acids is 1. The summed E-state index contributed by atoms with van der Waals surface area (Å²) >= 11 is 0. The van der Waals surface area contributed by atoms with Gasteiger partial charge in [0, 0.05) is 18.2 Å². The van der Waals surface area contributed by atoms with E-state index in [-0.39, 0.29) is 22.5 Å². The van der Waals surface area contributed by atoms with Gasteiger partial charge in [-0.25, -0.2) is 13.2 Å². The Labute approximate surface area is 118 Å². The number of nitrogens with zero attached hydrogens (tertiary/aromatic N) is 1. The fourth-order valence-corrected chi connectivity index (χ4v) is 3.98. The molecule has 0 radical (unpaired) electrons. The van der Waals surface area contributed by atoms with Crippen LogP contribution in [0.1, 0.15) is 38.1 Å². The number of sulfonamides is 1. The van der Waals surface area contributed by atoms with Crippen LogP contribution in [-0.2, 0) is 10.0 Å². The molecule has 6 nitrogen and oxygen atoms in total. The van der Waals surface area contributed by atoms with Crippen molar-refractivity contribution in [2.45, 2.75) is 44.7 Å². The van der Waals surface area contributed by atoms with Crippen LogP contribution in [0.2, 0.25) is 0 Å². The molecule has 1 aromatic rings. The number of hydrogen-bond donors (Lipinski definition) is 2. The fourth-order valence-electron chi connectivity index (χ4n) is 2.13. The molecule has 0 aliphatic heterocycles. The Hall–Kier alpha value is -1.60. The Morgan fingerprint density at radius 3 is 2.00 bits per heavy atom. The van der Waals surface area contributed by atoms with Crippen LogP contribution in [0.5, 0.6) is 5.75 Å². The molecule has 0 aliphatic rings. The summed E-state index contributed by atoms with van der Waals surface area (Å²) < 4.78 is 26.3. The first-order valence-electron chi connectivity index (χ1n) is 6.19. The number of carboxylic acid groups (broad SMARTS) is 1. The van der Waals surface area contributed by atoms with Gasteiger partial charge in [0.25, 0.3) is 0 Å². The normalized spacial score (nSPS) is 12.3. The maximum Gasteiger partial charge on any atom is 0.339 e. The van der Waals surface area contributed by atoms with Gasteiger partial charge in [0.1, 0.15) is 11.3 Å². The van der Waals surface area contributed by atoms with E-state index in [4.69, 9.17) is 5.11 Å². The molecule has 0 aliphatic carbocycles. The van der Waals surface area contributed by atoms with E-state index >= 15 is 0 Å². The molecule has 1 rings (SSSR count). The smallest absolute Gasteiger partial charge is 0.339 e. The predicted molar refractivity (Wildman–Crippen MR) is 74.4 cm³/mol. The Kier molecular flexibility index (Phi) is 4.77. The van der Waals surface area contributed by atoms with Gasteiger partial charge in [-0.2, -0.15) is 4.31 Å². The Bertz CT molecular complexity index is 599. The average Bonchev–Trinajstić information content (AvgIpc) is 2.26. The van der Waals surface area contributed by atoms with Crippen molar-refractivity contribution >= 4 is 16.0 Å². The molecular formula is C13H19NO5S. The lowest BCUT2D eigenvalue weighted by Crippen LogP contribution is -2.41. The summed E-state index contributed by atoms with van der Waals surface area (Å²) in [5, 5.41) is 18.4. The van der Waals surface area contributed by atoms with Crippen LogP contribution in [0.15, 0.2) is 23.1 Å². The molecule has 20 heavy (non-hydrogen) atoms. The fraction of sp³-hybridized carbons (Fsp3) is 0.462. The third kappa shape index (κ3) is 3.10. The van der Waals surface area contributed by atoms with Crippen LogP contribution >= 0.6 is 0 Å². The highest BCUT2D eigenvalue weighted by atomic mass is 32.2. The van der Waals surface area contributed by atoms with Crippen molar-refractivity contribution < 1.29 is 23.4 Å². The van der Waals surface area contributed by atoms with Gasteiger partial charge < -0.3 is 10.2 Å². The number of aromatic hydroxyl groups is 1. The first-order valence-corrected chi connectivity index (χ1v) is 7.63. The monoisotopic (exact) mass is 301 g/mol. The summed E-state index contributed by atoms with van der Waals surface area (Å²) in [5.41, 5.74) is -0.329. The highest BCUT2D eigenvalue weighted by Gasteiger charge is 2.30. The molecule has 0 fully saturated rings. The highest BCUT2D eigenvalue weighted by Crippen LogP contribution is 2.26. The van der Waals surface area contributed by atoms with E-state index in [1.54, 1.807) is 27.7 Å². The van der Waals surface area contributed by atoms with E-state index < -0.39 is 21.7 Å². The number of hydrogen-bond acceptors (Lipinski definition) is 4. The topological polar surface area (TPSA) is 94.9 Å².